The number of hydrogen-bond donors (Lipinski definition) is 0. The van der Waals surface area contributed by atoms with Crippen LogP contribution in [0.5, 0.6) is 0 Å². The van der Waals surface area contributed by atoms with Crippen molar-refractivity contribution in [1.29, 1.82) is 0 Å². The summed E-state index contributed by atoms with van der Waals surface area (Å²) in [6, 6.07) is 52.2. The van der Waals surface area contributed by atoms with Gasteiger partial charge in [0.25, 0.3) is 0 Å². The number of rotatable bonds is 4. The highest BCUT2D eigenvalue weighted by Crippen LogP contribution is 2.36. The molecule has 11 rings (SSSR count). The zero-order valence-corrected chi connectivity index (χ0v) is 27.7. The molecule has 7 aromatic carbocycles. The van der Waals surface area contributed by atoms with Crippen LogP contribution < -0.4 is 0 Å². The van der Waals surface area contributed by atoms with Crippen molar-refractivity contribution in [2.45, 2.75) is 0 Å². The van der Waals surface area contributed by atoms with Crippen LogP contribution in [0.2, 0.25) is 0 Å². The zero-order chi connectivity index (χ0) is 34.2. The topological polar surface area (TPSA) is 73.8 Å². The van der Waals surface area contributed by atoms with Gasteiger partial charge < -0.3 is 0 Å². The smallest absolute Gasteiger partial charge is 0.220 e. The molecule has 4 aromatic heterocycles. The van der Waals surface area contributed by atoms with Crippen molar-refractivity contribution in [3.8, 4) is 39.6 Å². The van der Waals surface area contributed by atoms with E-state index in [4.69, 9.17) is 24.9 Å². The molecule has 0 amide bonds. The number of hydrogen-bond acceptors (Lipinski definition) is 5. The lowest BCUT2D eigenvalue weighted by molar-refractivity contribution is 1.11. The minimum absolute atomic E-state index is 0.623. The van der Waals surface area contributed by atoms with E-state index in [1.54, 1.807) is 0 Å². The number of para-hydroxylation sites is 4. The molecule has 4 heterocycles. The minimum Gasteiger partial charge on any atom is -0.278 e. The fourth-order valence-electron chi connectivity index (χ4n) is 7.61. The number of aromatic nitrogens is 7. The van der Waals surface area contributed by atoms with Gasteiger partial charge in [0.15, 0.2) is 11.6 Å². The summed E-state index contributed by atoms with van der Waals surface area (Å²) in [6.45, 7) is 0. The second-order valence-electron chi connectivity index (χ2n) is 13.0. The second kappa shape index (κ2) is 11.1. The molecule has 0 saturated carbocycles. The van der Waals surface area contributed by atoms with Crippen LogP contribution in [0.3, 0.4) is 0 Å². The average molecular weight is 666 g/mol. The van der Waals surface area contributed by atoms with Crippen molar-refractivity contribution in [2.24, 2.45) is 0 Å². The minimum atomic E-state index is 0.623. The molecule has 0 atom stereocenters. The van der Waals surface area contributed by atoms with Crippen molar-refractivity contribution in [1.82, 2.24) is 33.9 Å². The van der Waals surface area contributed by atoms with Gasteiger partial charge in [-0.25, -0.2) is 24.9 Å². The number of fused-ring (bicyclic) bond motifs is 11. The van der Waals surface area contributed by atoms with E-state index in [1.165, 1.54) is 0 Å². The Morgan fingerprint density at radius 3 is 1.67 bits per heavy atom. The SMILES string of the molecule is c1ccc(-c2cccc(-c3ncc4c5ccccc5c5cnc(-c6cccc(-n7c8ccccc8n8c9ccccc9nc78)c6)nc5c4n3)c2)cc1. The predicted octanol–water partition coefficient (Wildman–Crippen LogP) is 10.5. The molecule has 0 aliphatic heterocycles. The molecule has 7 heteroatoms. The van der Waals surface area contributed by atoms with Gasteiger partial charge in [-0.3, -0.25) is 8.97 Å². The van der Waals surface area contributed by atoms with Crippen LogP contribution in [0.1, 0.15) is 0 Å². The molecule has 0 saturated heterocycles. The van der Waals surface area contributed by atoms with Gasteiger partial charge in [0.1, 0.15) is 11.0 Å². The van der Waals surface area contributed by atoms with Gasteiger partial charge in [0.05, 0.1) is 22.1 Å². The summed E-state index contributed by atoms with van der Waals surface area (Å²) in [7, 11) is 0. The lowest BCUT2D eigenvalue weighted by Crippen LogP contribution is -1.98. The van der Waals surface area contributed by atoms with E-state index in [0.717, 1.165) is 88.4 Å². The Labute approximate surface area is 297 Å². The molecule has 0 N–H and O–H groups in total. The van der Waals surface area contributed by atoms with Crippen molar-refractivity contribution in [3.05, 3.63) is 164 Å². The van der Waals surface area contributed by atoms with Crippen LogP contribution in [0.25, 0.3) is 100 Å². The highest BCUT2D eigenvalue weighted by molar-refractivity contribution is 6.23. The van der Waals surface area contributed by atoms with Crippen molar-refractivity contribution in [2.75, 3.05) is 0 Å². The van der Waals surface area contributed by atoms with Crippen LogP contribution in [0.15, 0.2) is 164 Å². The maximum absolute atomic E-state index is 5.27. The van der Waals surface area contributed by atoms with E-state index in [0.29, 0.717) is 11.6 Å². The fourth-order valence-corrected chi connectivity index (χ4v) is 7.61. The molecule has 0 bridgehead atoms. The van der Waals surface area contributed by atoms with Gasteiger partial charge in [0.2, 0.25) is 5.78 Å². The Morgan fingerprint density at radius 1 is 0.385 bits per heavy atom. The van der Waals surface area contributed by atoms with Crippen LogP contribution in [-0.4, -0.2) is 33.9 Å². The van der Waals surface area contributed by atoms with Crippen molar-refractivity contribution < 1.29 is 0 Å². The molecule has 52 heavy (non-hydrogen) atoms. The quantitative estimate of drug-likeness (QED) is 0.175. The van der Waals surface area contributed by atoms with E-state index in [-0.39, 0.29) is 0 Å². The maximum atomic E-state index is 5.27. The van der Waals surface area contributed by atoms with Crippen LogP contribution in [0.4, 0.5) is 0 Å². The van der Waals surface area contributed by atoms with E-state index < -0.39 is 0 Å². The van der Waals surface area contributed by atoms with Gasteiger partial charge >= 0.3 is 0 Å². The molecule has 0 aliphatic rings. The van der Waals surface area contributed by atoms with Gasteiger partial charge in [-0.15, -0.1) is 0 Å². The lowest BCUT2D eigenvalue weighted by atomic mass is 10.0. The molecule has 11 aromatic rings. The largest absolute Gasteiger partial charge is 0.278 e. The summed E-state index contributed by atoms with van der Waals surface area (Å²) in [5, 5.41) is 4.05. The summed E-state index contributed by atoms with van der Waals surface area (Å²) in [5.41, 5.74) is 10.9. The third kappa shape index (κ3) is 4.29. The Hall–Kier alpha value is -7.25. The van der Waals surface area contributed by atoms with E-state index >= 15 is 0 Å². The highest BCUT2D eigenvalue weighted by atomic mass is 15.2. The second-order valence-corrected chi connectivity index (χ2v) is 13.0. The predicted molar refractivity (Wildman–Crippen MR) is 210 cm³/mol. The molecular weight excluding hydrogens is 639 g/mol. The summed E-state index contributed by atoms with van der Waals surface area (Å²) >= 11 is 0. The summed E-state index contributed by atoms with van der Waals surface area (Å²) < 4.78 is 4.44. The number of nitrogens with zero attached hydrogens (tertiary/aromatic N) is 7. The molecule has 7 nitrogen and oxygen atoms in total. The highest BCUT2D eigenvalue weighted by Gasteiger charge is 2.19. The lowest BCUT2D eigenvalue weighted by Gasteiger charge is -2.12. The van der Waals surface area contributed by atoms with Crippen molar-refractivity contribution >= 4 is 60.4 Å². The summed E-state index contributed by atoms with van der Waals surface area (Å²) in [4.78, 5) is 25.4. The Morgan fingerprint density at radius 2 is 0.942 bits per heavy atom. The molecule has 242 valence electrons. The van der Waals surface area contributed by atoms with Crippen LogP contribution >= 0.6 is 0 Å². The Balaban J connectivity index is 1.11. The third-order valence-electron chi connectivity index (χ3n) is 10.0. The van der Waals surface area contributed by atoms with Crippen LogP contribution in [-0.2, 0) is 0 Å². The molecular formula is C45H27N7. The van der Waals surface area contributed by atoms with Crippen molar-refractivity contribution in [3.63, 3.8) is 0 Å². The first-order valence-electron chi connectivity index (χ1n) is 17.3. The Bertz CT molecular complexity index is 3200. The van der Waals surface area contributed by atoms with E-state index in [1.807, 2.05) is 24.5 Å². The average Bonchev–Trinajstić information content (AvgIpc) is 3.76. The van der Waals surface area contributed by atoms with E-state index in [9.17, 15) is 0 Å². The summed E-state index contributed by atoms with van der Waals surface area (Å²) in [6.07, 6.45) is 3.88. The zero-order valence-electron chi connectivity index (χ0n) is 27.7. The van der Waals surface area contributed by atoms with Crippen LogP contribution in [0, 0.1) is 0 Å². The molecule has 0 fully saturated rings. The maximum Gasteiger partial charge on any atom is 0.220 e. The first-order valence-corrected chi connectivity index (χ1v) is 17.3. The monoisotopic (exact) mass is 665 g/mol. The van der Waals surface area contributed by atoms with Gasteiger partial charge in [-0.05, 0) is 64.4 Å². The normalized spacial score (nSPS) is 11.8. The van der Waals surface area contributed by atoms with E-state index in [2.05, 4.69) is 148 Å². The molecule has 0 aliphatic carbocycles. The number of benzene rings is 7. The first kappa shape index (κ1) is 28.6. The Kier molecular flexibility index (Phi) is 6.12. The standard InChI is InChI=1S/C45H27N7/c1-2-12-28(13-3-1)29-14-10-15-30(24-29)43-46-26-35-33-18-4-5-19-34(33)36-27-47-44(50-42(36)41(35)49-43)31-16-11-17-32(25-31)51-39-22-8-9-23-40(39)52-38-21-7-6-20-37(38)48-45(51)52/h1-27H. The molecule has 0 unspecified atom stereocenters. The van der Waals surface area contributed by atoms with Gasteiger partial charge in [0, 0.05) is 40.0 Å². The molecule has 0 spiro atoms. The van der Waals surface area contributed by atoms with Gasteiger partial charge in [-0.1, -0.05) is 109 Å². The first-order chi connectivity index (χ1) is 25.8. The molecule has 0 radical (unpaired) electrons. The number of imidazole rings is 2. The van der Waals surface area contributed by atoms with Gasteiger partial charge in [-0.2, -0.15) is 0 Å². The third-order valence-corrected chi connectivity index (χ3v) is 10.0. The summed E-state index contributed by atoms with van der Waals surface area (Å²) in [5.74, 6) is 2.13. The fraction of sp³-hybridized carbons (Fsp3) is 0.